The van der Waals surface area contributed by atoms with E-state index in [9.17, 15) is 9.90 Å². The van der Waals surface area contributed by atoms with Gasteiger partial charge in [-0.25, -0.2) is 9.78 Å². The fourth-order valence-corrected chi connectivity index (χ4v) is 4.85. The molecule has 0 unspecified atom stereocenters. The Morgan fingerprint density at radius 3 is 2.85 bits per heavy atom. The Kier molecular flexibility index (Phi) is 4.93. The highest BCUT2D eigenvalue weighted by molar-refractivity contribution is 7.09. The summed E-state index contributed by atoms with van der Waals surface area (Å²) >= 11 is 1.32. The molecule has 0 radical (unpaired) electrons. The molecule has 2 fully saturated rings. The highest BCUT2D eigenvalue weighted by Crippen LogP contribution is 2.46. The van der Waals surface area contributed by atoms with E-state index in [4.69, 9.17) is 14.6 Å². The minimum absolute atomic E-state index is 0.0368. The lowest BCUT2D eigenvalue weighted by molar-refractivity contribution is -0.0811. The van der Waals surface area contributed by atoms with Crippen LogP contribution in [0.1, 0.15) is 40.9 Å². The van der Waals surface area contributed by atoms with Gasteiger partial charge in [0.1, 0.15) is 16.9 Å². The molecule has 0 bridgehead atoms. The van der Waals surface area contributed by atoms with E-state index in [1.54, 1.807) is 5.38 Å². The van der Waals surface area contributed by atoms with Crippen LogP contribution in [0, 0.1) is 11.8 Å². The van der Waals surface area contributed by atoms with Crippen LogP contribution in [-0.2, 0) is 4.74 Å². The second kappa shape index (κ2) is 7.34. The van der Waals surface area contributed by atoms with Gasteiger partial charge >= 0.3 is 5.97 Å². The molecule has 2 aliphatic rings. The predicted octanol–water partition coefficient (Wildman–Crippen LogP) is 3.14. The van der Waals surface area contributed by atoms with E-state index in [1.807, 2.05) is 30.3 Å². The number of carbonyl (C=O) groups is 1. The molecule has 1 saturated heterocycles. The Labute approximate surface area is 155 Å². The van der Waals surface area contributed by atoms with Gasteiger partial charge in [-0.15, -0.1) is 11.3 Å². The van der Waals surface area contributed by atoms with Gasteiger partial charge in [-0.2, -0.15) is 0 Å². The van der Waals surface area contributed by atoms with Crippen LogP contribution < -0.4 is 4.74 Å². The Hall–Kier alpha value is -1.96. The average molecular weight is 375 g/mol. The van der Waals surface area contributed by atoms with E-state index in [0.717, 1.165) is 18.6 Å². The van der Waals surface area contributed by atoms with Crippen molar-refractivity contribution in [3.63, 3.8) is 0 Å². The number of aromatic carboxylic acids is 1. The number of hydrogen-bond donors (Lipinski definition) is 2. The summed E-state index contributed by atoms with van der Waals surface area (Å²) in [5.41, 5.74) is 0.0660. The first-order chi connectivity index (χ1) is 12.6. The van der Waals surface area contributed by atoms with Gasteiger partial charge in [0.05, 0.1) is 18.8 Å². The van der Waals surface area contributed by atoms with Crippen LogP contribution in [0.4, 0.5) is 0 Å². The first-order valence-corrected chi connectivity index (χ1v) is 9.70. The number of aromatic nitrogens is 1. The van der Waals surface area contributed by atoms with E-state index >= 15 is 0 Å². The molecule has 26 heavy (non-hydrogen) atoms. The quantitative estimate of drug-likeness (QED) is 0.835. The molecule has 1 aliphatic heterocycles. The third-order valence-electron chi connectivity index (χ3n) is 5.30. The van der Waals surface area contributed by atoms with Crippen LogP contribution in [0.5, 0.6) is 5.75 Å². The number of aliphatic hydroxyl groups excluding tert-OH is 1. The number of benzene rings is 1. The van der Waals surface area contributed by atoms with Crippen LogP contribution in [0.25, 0.3) is 0 Å². The Morgan fingerprint density at radius 1 is 1.31 bits per heavy atom. The molecule has 6 nitrogen and oxygen atoms in total. The second-order valence-electron chi connectivity index (χ2n) is 6.87. The number of carboxylic acids is 1. The molecular formula is C19H21NO5S. The maximum absolute atomic E-state index is 11.0. The fraction of sp³-hybridized carbons (Fsp3) is 0.474. The number of hydrogen-bond acceptors (Lipinski definition) is 6. The van der Waals surface area contributed by atoms with Crippen molar-refractivity contribution in [2.24, 2.45) is 11.8 Å². The second-order valence-corrected chi connectivity index (χ2v) is 7.76. The number of thiazole rings is 1. The van der Waals surface area contributed by atoms with Crippen molar-refractivity contribution in [3.05, 3.63) is 46.4 Å². The summed E-state index contributed by atoms with van der Waals surface area (Å²) in [6.07, 6.45) is 1.61. The average Bonchev–Trinajstić information content (AvgIpc) is 3.25. The van der Waals surface area contributed by atoms with E-state index < -0.39 is 12.1 Å². The number of nitrogens with zero attached hydrogens (tertiary/aromatic N) is 1. The zero-order chi connectivity index (χ0) is 18.1. The van der Waals surface area contributed by atoms with Crippen molar-refractivity contribution in [1.82, 2.24) is 4.98 Å². The normalized spacial score (nSPS) is 30.7. The predicted molar refractivity (Wildman–Crippen MR) is 95.5 cm³/mol. The van der Waals surface area contributed by atoms with Crippen molar-refractivity contribution >= 4 is 17.3 Å². The lowest BCUT2D eigenvalue weighted by atomic mass is 9.87. The first kappa shape index (κ1) is 17.5. The maximum Gasteiger partial charge on any atom is 0.355 e. The summed E-state index contributed by atoms with van der Waals surface area (Å²) in [6.45, 7) is 0.473. The van der Waals surface area contributed by atoms with E-state index in [-0.39, 0.29) is 29.7 Å². The molecule has 1 aromatic heterocycles. The maximum atomic E-state index is 11.0. The van der Waals surface area contributed by atoms with Gasteiger partial charge in [-0.05, 0) is 30.9 Å². The first-order valence-electron chi connectivity index (χ1n) is 8.82. The molecule has 138 valence electrons. The molecule has 7 heteroatoms. The van der Waals surface area contributed by atoms with Crippen molar-refractivity contribution in [3.8, 4) is 5.75 Å². The number of aliphatic hydroxyl groups is 1. The lowest BCUT2D eigenvalue weighted by Crippen LogP contribution is -2.33. The van der Waals surface area contributed by atoms with E-state index in [0.29, 0.717) is 18.0 Å². The molecule has 2 N–H and O–H groups in total. The van der Waals surface area contributed by atoms with Crippen LogP contribution in [-0.4, -0.2) is 40.0 Å². The minimum atomic E-state index is -1.02. The van der Waals surface area contributed by atoms with Crippen molar-refractivity contribution in [2.75, 3.05) is 6.61 Å². The molecule has 1 aromatic carbocycles. The Morgan fingerprint density at radius 2 is 2.12 bits per heavy atom. The topological polar surface area (TPSA) is 88.9 Å². The van der Waals surface area contributed by atoms with E-state index in [2.05, 4.69) is 4.98 Å². The smallest absolute Gasteiger partial charge is 0.355 e. The van der Waals surface area contributed by atoms with Gasteiger partial charge in [0.15, 0.2) is 5.69 Å². The highest BCUT2D eigenvalue weighted by Gasteiger charge is 2.47. The number of fused-ring (bicyclic) bond motifs is 1. The zero-order valence-electron chi connectivity index (χ0n) is 14.2. The van der Waals surface area contributed by atoms with Crippen molar-refractivity contribution in [1.29, 1.82) is 0 Å². The number of ether oxygens (including phenoxy) is 2. The molecule has 0 amide bonds. The number of carboxylic acid groups (broad SMARTS) is 1. The van der Waals surface area contributed by atoms with Gasteiger partial charge < -0.3 is 19.7 Å². The summed E-state index contributed by atoms with van der Waals surface area (Å²) in [6, 6.07) is 9.62. The minimum Gasteiger partial charge on any atom is -0.493 e. The van der Waals surface area contributed by atoms with Gasteiger partial charge in [0, 0.05) is 17.7 Å². The summed E-state index contributed by atoms with van der Waals surface area (Å²) in [4.78, 5) is 15.2. The highest BCUT2D eigenvalue weighted by atomic mass is 32.1. The van der Waals surface area contributed by atoms with Gasteiger partial charge in [0.25, 0.3) is 0 Å². The molecule has 2 heterocycles. The third-order valence-corrected chi connectivity index (χ3v) is 6.24. The summed E-state index contributed by atoms with van der Waals surface area (Å²) in [5, 5.41) is 21.8. The number of rotatable bonds is 5. The Balaban J connectivity index is 1.39. The van der Waals surface area contributed by atoms with E-state index in [1.165, 1.54) is 11.3 Å². The monoisotopic (exact) mass is 375 g/mol. The molecular weight excluding hydrogens is 354 g/mol. The summed E-state index contributed by atoms with van der Waals surface area (Å²) in [7, 11) is 0. The summed E-state index contributed by atoms with van der Waals surface area (Å²) < 4.78 is 12.0. The largest absolute Gasteiger partial charge is 0.493 e. The summed E-state index contributed by atoms with van der Waals surface area (Å²) in [5.74, 6) is 0.0910. The third kappa shape index (κ3) is 3.47. The van der Waals surface area contributed by atoms with Crippen LogP contribution in [0.15, 0.2) is 35.7 Å². The molecule has 1 saturated carbocycles. The SMILES string of the molecule is O=C(O)c1csc([C@H]2CC[C@@H]3[C@@H](COc4ccccc4)[C@H](O)C[C@@H]3O2)n1. The zero-order valence-corrected chi connectivity index (χ0v) is 15.0. The molecule has 5 atom stereocenters. The molecule has 1 aliphatic carbocycles. The standard InChI is InChI=1S/C19H21NO5S/c21-15-8-17-12(13(15)9-24-11-4-2-1-3-5-11)6-7-16(25-17)18-20-14(10-26-18)19(22)23/h1-5,10,12-13,15-17,21H,6-9H2,(H,22,23)/t12-,13-,15-,16-,17+/m1/s1. The van der Waals surface area contributed by atoms with Crippen LogP contribution >= 0.6 is 11.3 Å². The van der Waals surface area contributed by atoms with Crippen molar-refractivity contribution < 1.29 is 24.5 Å². The van der Waals surface area contributed by atoms with Gasteiger partial charge in [0.2, 0.25) is 0 Å². The fourth-order valence-electron chi connectivity index (χ4n) is 3.99. The molecule has 4 rings (SSSR count). The van der Waals surface area contributed by atoms with Crippen molar-refractivity contribution in [2.45, 2.75) is 37.6 Å². The van der Waals surface area contributed by atoms with Crippen LogP contribution in [0.3, 0.4) is 0 Å². The molecule has 2 aromatic rings. The van der Waals surface area contributed by atoms with Gasteiger partial charge in [-0.1, -0.05) is 18.2 Å². The number of para-hydroxylation sites is 1. The van der Waals surface area contributed by atoms with Gasteiger partial charge in [-0.3, -0.25) is 0 Å². The lowest BCUT2D eigenvalue weighted by Gasteiger charge is -2.33. The Bertz CT molecular complexity index is 764. The van der Waals surface area contributed by atoms with Crippen LogP contribution in [0.2, 0.25) is 0 Å². The molecule has 0 spiro atoms.